The van der Waals surface area contributed by atoms with Crippen LogP contribution in [0.2, 0.25) is 0 Å². The Bertz CT molecular complexity index is 607. The summed E-state index contributed by atoms with van der Waals surface area (Å²) in [5.74, 6) is 0.803. The van der Waals surface area contributed by atoms with Crippen LogP contribution >= 0.6 is 12.4 Å². The van der Waals surface area contributed by atoms with Crippen LogP contribution in [0.15, 0.2) is 48.5 Å². The van der Waals surface area contributed by atoms with Crippen molar-refractivity contribution >= 4 is 18.1 Å². The fourth-order valence-electron chi connectivity index (χ4n) is 2.44. The molecule has 0 aliphatic rings. The van der Waals surface area contributed by atoms with Crippen molar-refractivity contribution in [3.8, 4) is 5.75 Å². The molecule has 0 aromatic heterocycles. The molecule has 0 aliphatic heterocycles. The van der Waals surface area contributed by atoms with E-state index < -0.39 is 6.10 Å². The van der Waals surface area contributed by atoms with Crippen molar-refractivity contribution in [3.05, 3.63) is 59.7 Å². The third kappa shape index (κ3) is 6.04. The smallest absolute Gasteiger partial charge is 0.122 e. The molecule has 0 bridgehead atoms. The largest absolute Gasteiger partial charge is 0.491 e. The highest BCUT2D eigenvalue weighted by molar-refractivity contribution is 5.85. The Morgan fingerprint density at radius 2 is 1.79 bits per heavy atom. The zero-order chi connectivity index (χ0) is 16.7. The number of para-hydroxylation sites is 1. The molecule has 2 N–H and O–H groups in total. The van der Waals surface area contributed by atoms with E-state index in [1.165, 1.54) is 0 Å². The van der Waals surface area contributed by atoms with Gasteiger partial charge in [0.15, 0.2) is 0 Å². The van der Waals surface area contributed by atoms with E-state index in [-0.39, 0.29) is 25.6 Å². The number of halogens is 1. The maximum Gasteiger partial charge on any atom is 0.122 e. The lowest BCUT2D eigenvalue weighted by molar-refractivity contribution is 0.111. The summed E-state index contributed by atoms with van der Waals surface area (Å²) in [5, 5.41) is 19.5. The van der Waals surface area contributed by atoms with E-state index in [1.54, 1.807) is 0 Å². The predicted octanol–water partition coefficient (Wildman–Crippen LogP) is 2.96. The lowest BCUT2D eigenvalue weighted by Crippen LogP contribution is -2.37. The molecule has 24 heavy (non-hydrogen) atoms. The molecule has 0 radical (unpaired) electrons. The third-order valence-corrected chi connectivity index (χ3v) is 3.70. The Balaban J connectivity index is 0.00000288. The van der Waals surface area contributed by atoms with Gasteiger partial charge in [-0.1, -0.05) is 30.3 Å². The number of ether oxygens (including phenoxy) is 1. The van der Waals surface area contributed by atoms with Crippen LogP contribution in [0, 0.1) is 13.8 Å². The summed E-state index contributed by atoms with van der Waals surface area (Å²) in [6, 6.07) is 15.8. The standard InChI is InChI=1S/C19H25NO3.ClH/c1-15-8-9-16(2)19(12-15)23-14-18(22)13-20(10-11-21)17-6-4-3-5-7-17;/h3-9,12,18,21-22H,10-11,13-14H2,1-2H3;1H. The molecule has 4 nitrogen and oxygen atoms in total. The van der Waals surface area contributed by atoms with Crippen molar-refractivity contribution < 1.29 is 14.9 Å². The van der Waals surface area contributed by atoms with E-state index in [9.17, 15) is 10.2 Å². The van der Waals surface area contributed by atoms with Gasteiger partial charge in [0.25, 0.3) is 0 Å². The van der Waals surface area contributed by atoms with Crippen molar-refractivity contribution in [1.82, 2.24) is 0 Å². The van der Waals surface area contributed by atoms with Crippen LogP contribution in [-0.2, 0) is 0 Å². The molecule has 2 aromatic rings. The third-order valence-electron chi connectivity index (χ3n) is 3.70. The molecular formula is C19H26ClNO3. The Morgan fingerprint density at radius 3 is 2.46 bits per heavy atom. The number of aliphatic hydroxyl groups excluding tert-OH is 2. The minimum atomic E-state index is -0.637. The molecule has 0 amide bonds. The maximum absolute atomic E-state index is 10.3. The first-order valence-corrected chi connectivity index (χ1v) is 7.89. The number of benzene rings is 2. The number of nitrogens with zero attached hydrogens (tertiary/aromatic N) is 1. The first-order valence-electron chi connectivity index (χ1n) is 7.89. The molecule has 0 spiro atoms. The van der Waals surface area contributed by atoms with Crippen LogP contribution in [0.4, 0.5) is 5.69 Å². The number of aliphatic hydroxyl groups is 2. The van der Waals surface area contributed by atoms with E-state index in [4.69, 9.17) is 4.74 Å². The second-order valence-corrected chi connectivity index (χ2v) is 5.74. The molecule has 0 aliphatic carbocycles. The molecule has 5 heteroatoms. The Kier molecular flexibility index (Phi) is 8.61. The lowest BCUT2D eigenvalue weighted by Gasteiger charge is -2.26. The monoisotopic (exact) mass is 351 g/mol. The van der Waals surface area contributed by atoms with Gasteiger partial charge >= 0.3 is 0 Å². The van der Waals surface area contributed by atoms with Gasteiger partial charge < -0.3 is 19.8 Å². The fraction of sp³-hybridized carbons (Fsp3) is 0.368. The van der Waals surface area contributed by atoms with Crippen LogP contribution < -0.4 is 9.64 Å². The highest BCUT2D eigenvalue weighted by atomic mass is 35.5. The van der Waals surface area contributed by atoms with Gasteiger partial charge in [-0.05, 0) is 43.2 Å². The molecule has 2 aromatic carbocycles. The lowest BCUT2D eigenvalue weighted by atomic mass is 10.1. The summed E-state index contributed by atoms with van der Waals surface area (Å²) in [7, 11) is 0. The normalized spacial score (nSPS) is 11.5. The van der Waals surface area contributed by atoms with Gasteiger partial charge in [-0.2, -0.15) is 0 Å². The number of anilines is 1. The molecular weight excluding hydrogens is 326 g/mol. The van der Waals surface area contributed by atoms with Crippen LogP contribution in [0.3, 0.4) is 0 Å². The van der Waals surface area contributed by atoms with Crippen molar-refractivity contribution in [1.29, 1.82) is 0 Å². The van der Waals surface area contributed by atoms with Gasteiger partial charge in [-0.25, -0.2) is 0 Å². The van der Waals surface area contributed by atoms with Gasteiger partial charge in [-0.15, -0.1) is 12.4 Å². The van der Waals surface area contributed by atoms with Gasteiger partial charge in [0, 0.05) is 18.8 Å². The van der Waals surface area contributed by atoms with Crippen molar-refractivity contribution in [2.45, 2.75) is 20.0 Å². The Labute approximate surface area is 150 Å². The first kappa shape index (κ1) is 20.3. The summed E-state index contributed by atoms with van der Waals surface area (Å²) in [6.07, 6.45) is -0.637. The first-order chi connectivity index (χ1) is 11.1. The second kappa shape index (κ2) is 10.2. The van der Waals surface area contributed by atoms with E-state index in [0.717, 1.165) is 22.6 Å². The van der Waals surface area contributed by atoms with E-state index in [0.29, 0.717) is 13.1 Å². The predicted molar refractivity (Wildman–Crippen MR) is 100 cm³/mol. The van der Waals surface area contributed by atoms with E-state index in [1.807, 2.05) is 67.3 Å². The molecule has 0 fully saturated rings. The summed E-state index contributed by atoms with van der Waals surface area (Å²) in [6.45, 7) is 5.16. The minimum Gasteiger partial charge on any atom is -0.491 e. The summed E-state index contributed by atoms with van der Waals surface area (Å²) < 4.78 is 5.76. The van der Waals surface area contributed by atoms with Crippen LogP contribution in [-0.4, -0.2) is 42.6 Å². The molecule has 1 unspecified atom stereocenters. The van der Waals surface area contributed by atoms with Gasteiger partial charge in [0.05, 0.1) is 6.61 Å². The number of aryl methyl sites for hydroxylation is 2. The number of hydrogen-bond donors (Lipinski definition) is 2. The van der Waals surface area contributed by atoms with Crippen LogP contribution in [0.25, 0.3) is 0 Å². The Hall–Kier alpha value is -1.75. The van der Waals surface area contributed by atoms with Crippen molar-refractivity contribution in [3.63, 3.8) is 0 Å². The number of hydrogen-bond acceptors (Lipinski definition) is 4. The SMILES string of the molecule is Cc1ccc(C)c(OCC(O)CN(CCO)c2ccccc2)c1.Cl. The minimum absolute atomic E-state index is 0. The number of rotatable bonds is 8. The summed E-state index contributed by atoms with van der Waals surface area (Å²) in [5.41, 5.74) is 3.16. The Morgan fingerprint density at radius 1 is 1.08 bits per heavy atom. The topological polar surface area (TPSA) is 52.9 Å². The average molecular weight is 352 g/mol. The molecule has 1 atom stereocenters. The zero-order valence-electron chi connectivity index (χ0n) is 14.2. The van der Waals surface area contributed by atoms with Crippen LogP contribution in [0.5, 0.6) is 5.75 Å². The fourth-order valence-corrected chi connectivity index (χ4v) is 2.44. The van der Waals surface area contributed by atoms with E-state index >= 15 is 0 Å². The zero-order valence-corrected chi connectivity index (χ0v) is 15.0. The van der Waals surface area contributed by atoms with Crippen molar-refractivity contribution in [2.24, 2.45) is 0 Å². The van der Waals surface area contributed by atoms with Crippen molar-refractivity contribution in [2.75, 3.05) is 31.2 Å². The molecule has 0 heterocycles. The highest BCUT2D eigenvalue weighted by Gasteiger charge is 2.13. The molecule has 132 valence electrons. The molecule has 0 saturated heterocycles. The average Bonchev–Trinajstić information content (AvgIpc) is 2.56. The van der Waals surface area contributed by atoms with Gasteiger partial charge in [-0.3, -0.25) is 0 Å². The molecule has 2 rings (SSSR count). The van der Waals surface area contributed by atoms with E-state index in [2.05, 4.69) is 0 Å². The highest BCUT2D eigenvalue weighted by Crippen LogP contribution is 2.19. The summed E-state index contributed by atoms with van der Waals surface area (Å²) in [4.78, 5) is 1.96. The van der Waals surface area contributed by atoms with Gasteiger partial charge in [0.1, 0.15) is 18.5 Å². The van der Waals surface area contributed by atoms with Crippen LogP contribution in [0.1, 0.15) is 11.1 Å². The molecule has 0 saturated carbocycles. The van der Waals surface area contributed by atoms with Gasteiger partial charge in [0.2, 0.25) is 0 Å². The quantitative estimate of drug-likeness (QED) is 0.767. The summed E-state index contributed by atoms with van der Waals surface area (Å²) >= 11 is 0. The maximum atomic E-state index is 10.3. The second-order valence-electron chi connectivity index (χ2n) is 5.74.